The molecule has 21 heavy (non-hydrogen) atoms. The molecule has 0 saturated heterocycles. The molecule has 0 fully saturated rings. The number of rotatable bonds is 4. The molecule has 6 heteroatoms. The fraction of sp³-hybridized carbons (Fsp3) is 0.133. The summed E-state index contributed by atoms with van der Waals surface area (Å²) in [6.07, 6.45) is 0. The lowest BCUT2D eigenvalue weighted by Gasteiger charge is -2.11. The molecule has 0 atom stereocenters. The van der Waals surface area contributed by atoms with Crippen LogP contribution in [0.1, 0.15) is 10.4 Å². The summed E-state index contributed by atoms with van der Waals surface area (Å²) in [4.78, 5) is 12.3. The van der Waals surface area contributed by atoms with E-state index < -0.39 is 0 Å². The Morgan fingerprint density at radius 2 is 1.90 bits per heavy atom. The van der Waals surface area contributed by atoms with Gasteiger partial charge in [-0.2, -0.15) is 0 Å². The zero-order chi connectivity index (χ0) is 15.4. The van der Waals surface area contributed by atoms with Gasteiger partial charge in [0.15, 0.2) is 0 Å². The Morgan fingerprint density at radius 3 is 2.52 bits per heavy atom. The van der Waals surface area contributed by atoms with Crippen LogP contribution >= 0.6 is 27.5 Å². The van der Waals surface area contributed by atoms with Gasteiger partial charge < -0.3 is 14.8 Å². The molecule has 0 spiro atoms. The van der Waals surface area contributed by atoms with E-state index in [4.69, 9.17) is 21.1 Å². The van der Waals surface area contributed by atoms with Gasteiger partial charge in [0.2, 0.25) is 0 Å². The highest BCUT2D eigenvalue weighted by Gasteiger charge is 2.14. The fourth-order valence-electron chi connectivity index (χ4n) is 1.76. The van der Waals surface area contributed by atoms with Crippen molar-refractivity contribution in [1.82, 2.24) is 0 Å². The third-order valence-electron chi connectivity index (χ3n) is 2.83. The molecular formula is C15H13BrClNO3. The van der Waals surface area contributed by atoms with Gasteiger partial charge in [-0.05, 0) is 46.3 Å². The maximum atomic E-state index is 12.3. The molecule has 4 nitrogen and oxygen atoms in total. The number of benzene rings is 2. The van der Waals surface area contributed by atoms with Gasteiger partial charge in [-0.1, -0.05) is 11.6 Å². The molecule has 0 radical (unpaired) electrons. The summed E-state index contributed by atoms with van der Waals surface area (Å²) < 4.78 is 11.0. The Balaban J connectivity index is 2.25. The van der Waals surface area contributed by atoms with Crippen molar-refractivity contribution in [3.8, 4) is 11.5 Å². The van der Waals surface area contributed by atoms with E-state index >= 15 is 0 Å². The number of halogens is 2. The van der Waals surface area contributed by atoms with Gasteiger partial charge in [0.1, 0.15) is 11.5 Å². The van der Waals surface area contributed by atoms with Crippen molar-refractivity contribution in [2.24, 2.45) is 0 Å². The summed E-state index contributed by atoms with van der Waals surface area (Å²) in [6, 6.07) is 10.2. The Hall–Kier alpha value is -1.72. The zero-order valence-corrected chi connectivity index (χ0v) is 13.8. The smallest absolute Gasteiger partial charge is 0.259 e. The molecule has 0 heterocycles. The average molecular weight is 371 g/mol. The van der Waals surface area contributed by atoms with E-state index in [1.54, 1.807) is 43.5 Å². The third kappa shape index (κ3) is 3.68. The first-order valence-electron chi connectivity index (χ1n) is 6.03. The van der Waals surface area contributed by atoms with Gasteiger partial charge in [-0.15, -0.1) is 0 Å². The van der Waals surface area contributed by atoms with Crippen LogP contribution in [0.25, 0.3) is 0 Å². The number of methoxy groups -OCH3 is 2. The molecule has 0 bridgehead atoms. The Kier molecular flexibility index (Phi) is 5.09. The van der Waals surface area contributed by atoms with Gasteiger partial charge in [0, 0.05) is 16.2 Å². The van der Waals surface area contributed by atoms with Crippen molar-refractivity contribution >= 4 is 39.1 Å². The van der Waals surface area contributed by atoms with Crippen LogP contribution in [0.4, 0.5) is 5.69 Å². The summed E-state index contributed by atoms with van der Waals surface area (Å²) >= 11 is 9.24. The Labute approximate surface area is 136 Å². The number of anilines is 1. The second kappa shape index (κ2) is 6.83. The van der Waals surface area contributed by atoms with Crippen molar-refractivity contribution in [2.75, 3.05) is 19.5 Å². The lowest BCUT2D eigenvalue weighted by molar-refractivity contribution is 0.102. The highest BCUT2D eigenvalue weighted by Crippen LogP contribution is 2.28. The van der Waals surface area contributed by atoms with Crippen molar-refractivity contribution in [3.63, 3.8) is 0 Å². The molecule has 0 aromatic heterocycles. The van der Waals surface area contributed by atoms with E-state index in [9.17, 15) is 4.79 Å². The number of hydrogen-bond donors (Lipinski definition) is 1. The van der Waals surface area contributed by atoms with Gasteiger partial charge in [-0.25, -0.2) is 0 Å². The molecule has 2 rings (SSSR count). The summed E-state index contributed by atoms with van der Waals surface area (Å²) in [5.74, 6) is 0.793. The van der Waals surface area contributed by atoms with Gasteiger partial charge in [0.25, 0.3) is 5.91 Å². The van der Waals surface area contributed by atoms with E-state index in [1.807, 2.05) is 0 Å². The lowest BCUT2D eigenvalue weighted by atomic mass is 10.1. The number of nitrogens with one attached hydrogen (secondary N) is 1. The first-order valence-corrected chi connectivity index (χ1v) is 7.20. The molecular weight excluding hydrogens is 358 g/mol. The van der Waals surface area contributed by atoms with E-state index in [2.05, 4.69) is 21.2 Å². The first-order chi connectivity index (χ1) is 10.0. The number of carbonyl (C=O) groups excluding carboxylic acids is 1. The second-order valence-electron chi connectivity index (χ2n) is 4.15. The molecule has 0 aliphatic heterocycles. The second-order valence-corrected chi connectivity index (χ2v) is 5.41. The topological polar surface area (TPSA) is 47.6 Å². The minimum atomic E-state index is -0.274. The molecule has 0 unspecified atom stereocenters. The molecule has 110 valence electrons. The van der Waals surface area contributed by atoms with Crippen LogP contribution in [-0.4, -0.2) is 20.1 Å². The van der Waals surface area contributed by atoms with Crippen molar-refractivity contribution in [3.05, 3.63) is 51.5 Å². The Bertz CT molecular complexity index is 676. The average Bonchev–Trinajstić information content (AvgIpc) is 2.50. The summed E-state index contributed by atoms with van der Waals surface area (Å²) in [7, 11) is 3.06. The molecule has 0 saturated carbocycles. The van der Waals surface area contributed by atoms with E-state index in [-0.39, 0.29) is 5.91 Å². The predicted octanol–water partition coefficient (Wildman–Crippen LogP) is 4.37. The SMILES string of the molecule is COc1ccc(C(=O)Nc2ccc(Cl)c(Br)c2)c(OC)c1. The number of amides is 1. The third-order valence-corrected chi connectivity index (χ3v) is 4.04. The van der Waals surface area contributed by atoms with Crippen molar-refractivity contribution in [1.29, 1.82) is 0 Å². The van der Waals surface area contributed by atoms with E-state index in [0.717, 1.165) is 0 Å². The van der Waals surface area contributed by atoms with Crippen LogP contribution in [0.3, 0.4) is 0 Å². The first kappa shape index (κ1) is 15.7. The van der Waals surface area contributed by atoms with Crippen LogP contribution < -0.4 is 14.8 Å². The summed E-state index contributed by atoms with van der Waals surface area (Å²) in [5.41, 5.74) is 1.05. The molecule has 2 aromatic rings. The van der Waals surface area contributed by atoms with Crippen LogP contribution in [0.15, 0.2) is 40.9 Å². The molecule has 1 amide bonds. The summed E-state index contributed by atoms with van der Waals surface area (Å²) in [6.45, 7) is 0. The largest absolute Gasteiger partial charge is 0.497 e. The van der Waals surface area contributed by atoms with Crippen LogP contribution in [0.5, 0.6) is 11.5 Å². The maximum absolute atomic E-state index is 12.3. The normalized spacial score (nSPS) is 10.1. The minimum absolute atomic E-state index is 0.274. The van der Waals surface area contributed by atoms with Crippen LogP contribution in [0, 0.1) is 0 Å². The highest BCUT2D eigenvalue weighted by atomic mass is 79.9. The Morgan fingerprint density at radius 1 is 1.14 bits per heavy atom. The zero-order valence-electron chi connectivity index (χ0n) is 11.4. The van der Waals surface area contributed by atoms with E-state index in [0.29, 0.717) is 32.2 Å². The molecule has 1 N–H and O–H groups in total. The van der Waals surface area contributed by atoms with Crippen LogP contribution in [-0.2, 0) is 0 Å². The van der Waals surface area contributed by atoms with Gasteiger partial charge in [0.05, 0.1) is 24.8 Å². The van der Waals surface area contributed by atoms with Crippen molar-refractivity contribution in [2.45, 2.75) is 0 Å². The molecule has 0 aliphatic carbocycles. The lowest BCUT2D eigenvalue weighted by Crippen LogP contribution is -2.13. The monoisotopic (exact) mass is 369 g/mol. The highest BCUT2D eigenvalue weighted by molar-refractivity contribution is 9.10. The number of hydrogen-bond acceptors (Lipinski definition) is 3. The number of ether oxygens (including phenoxy) is 2. The molecule has 0 aliphatic rings. The molecule has 2 aromatic carbocycles. The van der Waals surface area contributed by atoms with Crippen molar-refractivity contribution < 1.29 is 14.3 Å². The maximum Gasteiger partial charge on any atom is 0.259 e. The van der Waals surface area contributed by atoms with Gasteiger partial charge in [-0.3, -0.25) is 4.79 Å². The van der Waals surface area contributed by atoms with Crippen LogP contribution in [0.2, 0.25) is 5.02 Å². The van der Waals surface area contributed by atoms with Gasteiger partial charge >= 0.3 is 0 Å². The number of carbonyl (C=O) groups is 1. The predicted molar refractivity (Wildman–Crippen MR) is 86.7 cm³/mol. The quantitative estimate of drug-likeness (QED) is 0.869. The van der Waals surface area contributed by atoms with E-state index in [1.165, 1.54) is 7.11 Å². The fourth-order valence-corrected chi connectivity index (χ4v) is 2.25. The minimum Gasteiger partial charge on any atom is -0.497 e. The summed E-state index contributed by atoms with van der Waals surface area (Å²) in [5, 5.41) is 3.37. The standard InChI is InChI=1S/C15H13BrClNO3/c1-20-10-4-5-11(14(8-10)21-2)15(19)18-9-3-6-13(17)12(16)7-9/h3-8H,1-2H3,(H,18,19).